The van der Waals surface area contributed by atoms with E-state index < -0.39 is 0 Å². The van der Waals surface area contributed by atoms with Crippen LogP contribution in [0, 0.1) is 11.8 Å². The Morgan fingerprint density at radius 1 is 1.26 bits per heavy atom. The van der Waals surface area contributed by atoms with Crippen molar-refractivity contribution in [1.82, 2.24) is 14.8 Å². The van der Waals surface area contributed by atoms with Gasteiger partial charge in [-0.05, 0) is 24.9 Å². The van der Waals surface area contributed by atoms with Crippen LogP contribution in [0.5, 0.6) is 5.88 Å². The summed E-state index contributed by atoms with van der Waals surface area (Å²) in [5.41, 5.74) is 0.647. The van der Waals surface area contributed by atoms with Crippen molar-refractivity contribution in [3.8, 4) is 5.88 Å². The van der Waals surface area contributed by atoms with Gasteiger partial charge in [-0.2, -0.15) is 0 Å². The third-order valence-electron chi connectivity index (χ3n) is 4.15. The lowest BCUT2D eigenvalue weighted by Crippen LogP contribution is -2.32. The molecule has 2 aliphatic heterocycles. The summed E-state index contributed by atoms with van der Waals surface area (Å²) < 4.78 is 5.01. The van der Waals surface area contributed by atoms with Crippen LogP contribution >= 0.6 is 0 Å². The number of amides is 1. The van der Waals surface area contributed by atoms with Gasteiger partial charge >= 0.3 is 0 Å². The standard InChI is InChI=1S/C14H19N3O2/c1-16-6-11-8-17(9-12(11)7-16)14(18)10-3-4-13(19-2)15-5-10/h3-5,11-12H,6-9H2,1-2H3. The second-order valence-corrected chi connectivity index (χ2v) is 5.54. The maximum Gasteiger partial charge on any atom is 0.255 e. The molecular formula is C14H19N3O2. The van der Waals surface area contributed by atoms with Crippen LogP contribution in [0.4, 0.5) is 0 Å². The second kappa shape index (κ2) is 4.81. The topological polar surface area (TPSA) is 45.7 Å². The lowest BCUT2D eigenvalue weighted by Gasteiger charge is -2.19. The van der Waals surface area contributed by atoms with Crippen LogP contribution in [0.2, 0.25) is 0 Å². The van der Waals surface area contributed by atoms with Crippen LogP contribution in [0.25, 0.3) is 0 Å². The third-order valence-corrected chi connectivity index (χ3v) is 4.15. The summed E-state index contributed by atoms with van der Waals surface area (Å²) in [5, 5.41) is 0. The number of likely N-dealkylation sites (tertiary alicyclic amines) is 2. The van der Waals surface area contributed by atoms with E-state index >= 15 is 0 Å². The number of nitrogens with zero attached hydrogens (tertiary/aromatic N) is 3. The first kappa shape index (κ1) is 12.4. The van der Waals surface area contributed by atoms with Gasteiger partial charge in [0.1, 0.15) is 0 Å². The quantitative estimate of drug-likeness (QED) is 0.787. The van der Waals surface area contributed by atoms with Gasteiger partial charge in [0.05, 0.1) is 12.7 Å². The van der Waals surface area contributed by atoms with Crippen molar-refractivity contribution in [2.45, 2.75) is 0 Å². The molecule has 102 valence electrons. The highest BCUT2D eigenvalue weighted by Crippen LogP contribution is 2.30. The van der Waals surface area contributed by atoms with Crippen molar-refractivity contribution in [2.75, 3.05) is 40.3 Å². The lowest BCUT2D eigenvalue weighted by molar-refractivity contribution is 0.0775. The number of aromatic nitrogens is 1. The fraction of sp³-hybridized carbons (Fsp3) is 0.571. The number of hydrogen-bond acceptors (Lipinski definition) is 4. The predicted octanol–water partition coefficient (Wildman–Crippen LogP) is 0.724. The van der Waals surface area contributed by atoms with E-state index in [1.165, 1.54) is 0 Å². The smallest absolute Gasteiger partial charge is 0.255 e. The Morgan fingerprint density at radius 3 is 2.47 bits per heavy atom. The molecule has 2 saturated heterocycles. The zero-order chi connectivity index (χ0) is 13.4. The van der Waals surface area contributed by atoms with E-state index in [-0.39, 0.29) is 5.91 Å². The zero-order valence-corrected chi connectivity index (χ0v) is 11.4. The van der Waals surface area contributed by atoms with Crippen molar-refractivity contribution in [3.63, 3.8) is 0 Å². The maximum atomic E-state index is 12.4. The van der Waals surface area contributed by atoms with E-state index in [2.05, 4.69) is 16.9 Å². The highest BCUT2D eigenvalue weighted by Gasteiger charge is 2.40. The van der Waals surface area contributed by atoms with Gasteiger partial charge < -0.3 is 14.5 Å². The molecule has 0 bridgehead atoms. The molecule has 2 aliphatic rings. The van der Waals surface area contributed by atoms with E-state index in [0.29, 0.717) is 23.3 Å². The summed E-state index contributed by atoms with van der Waals surface area (Å²) in [6.45, 7) is 3.96. The van der Waals surface area contributed by atoms with Crippen molar-refractivity contribution >= 4 is 5.91 Å². The number of carbonyl (C=O) groups is 1. The summed E-state index contributed by atoms with van der Waals surface area (Å²) in [6.07, 6.45) is 1.60. The van der Waals surface area contributed by atoms with Crippen molar-refractivity contribution in [3.05, 3.63) is 23.9 Å². The molecular weight excluding hydrogens is 242 g/mol. The Hall–Kier alpha value is -1.62. The van der Waals surface area contributed by atoms with E-state index in [4.69, 9.17) is 4.74 Å². The van der Waals surface area contributed by atoms with E-state index in [9.17, 15) is 4.79 Å². The number of pyridine rings is 1. The average Bonchev–Trinajstić information content (AvgIpc) is 2.95. The van der Waals surface area contributed by atoms with Gasteiger partial charge in [-0.3, -0.25) is 4.79 Å². The van der Waals surface area contributed by atoms with Crippen molar-refractivity contribution in [2.24, 2.45) is 11.8 Å². The molecule has 19 heavy (non-hydrogen) atoms. The van der Waals surface area contributed by atoms with E-state index in [1.807, 2.05) is 4.90 Å². The van der Waals surface area contributed by atoms with Crippen molar-refractivity contribution in [1.29, 1.82) is 0 Å². The first-order valence-corrected chi connectivity index (χ1v) is 6.65. The Bertz CT molecular complexity index is 460. The van der Waals surface area contributed by atoms with Gasteiger partial charge in [0.15, 0.2) is 0 Å². The molecule has 0 aliphatic carbocycles. The molecule has 0 N–H and O–H groups in total. The molecule has 1 amide bonds. The van der Waals surface area contributed by atoms with Crippen LogP contribution in [0.1, 0.15) is 10.4 Å². The summed E-state index contributed by atoms with van der Waals surface area (Å²) in [7, 11) is 3.72. The predicted molar refractivity (Wildman–Crippen MR) is 71.2 cm³/mol. The number of fused-ring (bicyclic) bond motifs is 1. The molecule has 3 heterocycles. The Morgan fingerprint density at radius 2 is 1.95 bits per heavy atom. The molecule has 2 atom stereocenters. The summed E-state index contributed by atoms with van der Waals surface area (Å²) >= 11 is 0. The average molecular weight is 261 g/mol. The van der Waals surface area contributed by atoms with Crippen LogP contribution in [0.3, 0.4) is 0 Å². The number of methoxy groups -OCH3 is 1. The molecule has 5 nitrogen and oxygen atoms in total. The highest BCUT2D eigenvalue weighted by atomic mass is 16.5. The zero-order valence-electron chi connectivity index (χ0n) is 11.4. The van der Waals surface area contributed by atoms with Gasteiger partial charge in [-0.25, -0.2) is 4.98 Å². The van der Waals surface area contributed by atoms with Gasteiger partial charge in [-0.15, -0.1) is 0 Å². The van der Waals surface area contributed by atoms with E-state index in [1.54, 1.807) is 25.4 Å². The monoisotopic (exact) mass is 261 g/mol. The van der Waals surface area contributed by atoms with Crippen LogP contribution in [0.15, 0.2) is 18.3 Å². The molecule has 2 fully saturated rings. The molecule has 1 aromatic rings. The SMILES string of the molecule is COc1ccc(C(=O)N2CC3CN(C)CC3C2)cn1. The van der Waals surface area contributed by atoms with Gasteiger partial charge in [0, 0.05) is 38.4 Å². The third kappa shape index (κ3) is 2.30. The largest absolute Gasteiger partial charge is 0.481 e. The maximum absolute atomic E-state index is 12.4. The first-order valence-electron chi connectivity index (χ1n) is 6.65. The minimum atomic E-state index is 0.0900. The number of carbonyl (C=O) groups excluding carboxylic acids is 1. The lowest BCUT2D eigenvalue weighted by atomic mass is 10.0. The molecule has 2 unspecified atom stereocenters. The van der Waals surface area contributed by atoms with Gasteiger partial charge in [-0.1, -0.05) is 0 Å². The minimum Gasteiger partial charge on any atom is -0.481 e. The molecule has 0 radical (unpaired) electrons. The number of rotatable bonds is 2. The van der Waals surface area contributed by atoms with Crippen molar-refractivity contribution < 1.29 is 9.53 Å². The van der Waals surface area contributed by atoms with E-state index in [0.717, 1.165) is 26.2 Å². The van der Waals surface area contributed by atoms with Crippen LogP contribution < -0.4 is 4.74 Å². The van der Waals surface area contributed by atoms with Gasteiger partial charge in [0.25, 0.3) is 5.91 Å². The van der Waals surface area contributed by atoms with Gasteiger partial charge in [0.2, 0.25) is 5.88 Å². The second-order valence-electron chi connectivity index (χ2n) is 5.54. The first-order chi connectivity index (χ1) is 9.17. The molecule has 0 spiro atoms. The fourth-order valence-corrected chi connectivity index (χ4v) is 3.20. The number of ether oxygens (including phenoxy) is 1. The molecule has 1 aromatic heterocycles. The summed E-state index contributed by atoms with van der Waals surface area (Å²) in [6, 6.07) is 3.52. The molecule has 0 saturated carbocycles. The highest BCUT2D eigenvalue weighted by molar-refractivity contribution is 5.94. The Kier molecular flexibility index (Phi) is 3.14. The minimum absolute atomic E-state index is 0.0900. The molecule has 3 rings (SSSR count). The molecule has 0 aromatic carbocycles. The van der Waals surface area contributed by atoms with Crippen LogP contribution in [-0.4, -0.2) is 61.0 Å². The summed E-state index contributed by atoms with van der Waals surface area (Å²) in [5.74, 6) is 1.91. The Labute approximate surface area is 113 Å². The van der Waals surface area contributed by atoms with Crippen LogP contribution in [-0.2, 0) is 0 Å². The normalized spacial score (nSPS) is 26.5. The fourth-order valence-electron chi connectivity index (χ4n) is 3.20. The summed E-state index contributed by atoms with van der Waals surface area (Å²) in [4.78, 5) is 20.8. The number of hydrogen-bond donors (Lipinski definition) is 0. The Balaban J connectivity index is 1.68. The molecule has 5 heteroatoms.